The number of amides is 4. The second-order valence-electron chi connectivity index (χ2n) is 16.7. The van der Waals surface area contributed by atoms with Crippen molar-refractivity contribution in [1.82, 2.24) is 34.6 Å². The van der Waals surface area contributed by atoms with Crippen molar-refractivity contribution >= 4 is 63.5 Å². The van der Waals surface area contributed by atoms with E-state index in [9.17, 15) is 19.2 Å². The molecular formula is C41H48FN11O4. The summed E-state index contributed by atoms with van der Waals surface area (Å²) in [5, 5.41) is 6.42. The first-order valence-corrected chi connectivity index (χ1v) is 20.0. The zero-order valence-corrected chi connectivity index (χ0v) is 32.8. The number of piperidine rings is 1. The number of carbonyl (C=O) groups excluding carboxylic acids is 4. The maximum Gasteiger partial charge on any atom is 0.270 e. The second-order valence-corrected chi connectivity index (χ2v) is 16.7. The fraction of sp³-hybridized carbons (Fsp3) is 0.488. The largest absolute Gasteiger partial charge is 0.368 e. The third-order valence-electron chi connectivity index (χ3n) is 12.5. The summed E-state index contributed by atoms with van der Waals surface area (Å²) in [6.07, 6.45) is 8.22. The fourth-order valence-corrected chi connectivity index (χ4v) is 9.39. The van der Waals surface area contributed by atoms with E-state index in [1.807, 2.05) is 18.3 Å². The van der Waals surface area contributed by atoms with E-state index in [1.54, 1.807) is 45.1 Å². The molecule has 0 radical (unpaired) electrons. The molecule has 16 heteroatoms. The molecule has 2 N–H and O–H groups in total. The number of pyridine rings is 1. The maximum atomic E-state index is 15.6. The molecule has 1 atom stereocenters. The summed E-state index contributed by atoms with van der Waals surface area (Å²) in [6, 6.07) is 8.64. The normalized spacial score (nSPS) is 21.6. The van der Waals surface area contributed by atoms with Crippen molar-refractivity contribution in [2.75, 3.05) is 73.4 Å². The number of rotatable bonds is 8. The van der Waals surface area contributed by atoms with Gasteiger partial charge in [-0.15, -0.1) is 0 Å². The zero-order valence-electron chi connectivity index (χ0n) is 32.8. The number of fused-ring (bicyclic) bond motifs is 2. The number of carbonyl (C=O) groups is 4. The average molecular weight is 778 g/mol. The number of piperazine rings is 1. The van der Waals surface area contributed by atoms with Crippen molar-refractivity contribution in [3.8, 4) is 0 Å². The lowest BCUT2D eigenvalue weighted by molar-refractivity contribution is -0.136. The first-order chi connectivity index (χ1) is 27.4. The molecule has 57 heavy (non-hydrogen) atoms. The van der Waals surface area contributed by atoms with Crippen LogP contribution in [0.1, 0.15) is 74.5 Å². The Morgan fingerprint density at radius 2 is 1.68 bits per heavy atom. The summed E-state index contributed by atoms with van der Waals surface area (Å²) in [4.78, 5) is 75.5. The van der Waals surface area contributed by atoms with Crippen molar-refractivity contribution in [2.45, 2.75) is 75.9 Å². The summed E-state index contributed by atoms with van der Waals surface area (Å²) in [6.45, 7) is 8.48. The van der Waals surface area contributed by atoms with E-state index in [-0.39, 0.29) is 42.3 Å². The van der Waals surface area contributed by atoms with E-state index in [2.05, 4.69) is 41.0 Å². The lowest BCUT2D eigenvalue weighted by Crippen LogP contribution is -2.63. The lowest BCUT2D eigenvalue weighted by atomic mass is 9.83. The van der Waals surface area contributed by atoms with Crippen LogP contribution in [0.2, 0.25) is 0 Å². The highest BCUT2D eigenvalue weighted by Crippen LogP contribution is 2.50. The molecule has 1 aliphatic carbocycles. The summed E-state index contributed by atoms with van der Waals surface area (Å²) in [5.74, 6) is -0.809. The second kappa shape index (κ2) is 14.1. The van der Waals surface area contributed by atoms with Gasteiger partial charge in [0.2, 0.25) is 23.7 Å². The number of benzene rings is 1. The molecule has 7 heterocycles. The van der Waals surface area contributed by atoms with Gasteiger partial charge in [-0.05, 0) is 63.4 Å². The molecule has 0 spiro atoms. The summed E-state index contributed by atoms with van der Waals surface area (Å²) >= 11 is 0. The molecule has 298 valence electrons. The number of nitrogens with zero attached hydrogens (tertiary/aromatic N) is 9. The molecular weight excluding hydrogens is 730 g/mol. The molecule has 0 bridgehead atoms. The zero-order chi connectivity index (χ0) is 39.7. The van der Waals surface area contributed by atoms with Crippen LogP contribution >= 0.6 is 0 Å². The number of nitrogens with one attached hydrogen (secondary N) is 2. The number of hydrogen-bond acceptors (Lipinski definition) is 11. The van der Waals surface area contributed by atoms with E-state index >= 15 is 4.39 Å². The van der Waals surface area contributed by atoms with Crippen molar-refractivity contribution < 1.29 is 23.6 Å². The minimum Gasteiger partial charge on any atom is -0.368 e. The lowest BCUT2D eigenvalue weighted by Gasteiger charge is -2.50. The van der Waals surface area contributed by atoms with Gasteiger partial charge in [0.05, 0.1) is 23.0 Å². The highest BCUT2D eigenvalue weighted by molar-refractivity contribution is 6.15. The fourth-order valence-electron chi connectivity index (χ4n) is 9.39. The number of halogens is 1. The quantitative estimate of drug-likeness (QED) is 0.250. The van der Waals surface area contributed by atoms with Crippen LogP contribution in [0.4, 0.5) is 33.2 Å². The molecule has 5 aliphatic rings. The third-order valence-corrected chi connectivity index (χ3v) is 12.5. The van der Waals surface area contributed by atoms with Crippen LogP contribution in [0.5, 0.6) is 0 Å². The third kappa shape index (κ3) is 6.33. The minimum absolute atomic E-state index is 0.0421. The first-order valence-electron chi connectivity index (χ1n) is 20.0. The molecule has 1 aromatic carbocycles. The predicted octanol–water partition coefficient (Wildman–Crippen LogP) is 3.97. The molecule has 9 rings (SSSR count). The van der Waals surface area contributed by atoms with Gasteiger partial charge in [-0.1, -0.05) is 12.8 Å². The highest BCUT2D eigenvalue weighted by atomic mass is 19.1. The van der Waals surface area contributed by atoms with Crippen LogP contribution in [0.3, 0.4) is 0 Å². The topological polar surface area (TPSA) is 152 Å². The van der Waals surface area contributed by atoms with Gasteiger partial charge in [0.25, 0.3) is 5.91 Å². The molecule has 3 aromatic heterocycles. The monoisotopic (exact) mass is 777 g/mol. The number of hydrogen-bond donors (Lipinski definition) is 2. The van der Waals surface area contributed by atoms with Crippen LogP contribution in [0.25, 0.3) is 11.0 Å². The van der Waals surface area contributed by atoms with Crippen LogP contribution in [0, 0.1) is 5.82 Å². The highest BCUT2D eigenvalue weighted by Gasteiger charge is 2.53. The Bertz CT molecular complexity index is 2270. The van der Waals surface area contributed by atoms with Gasteiger partial charge in [0, 0.05) is 94.7 Å². The van der Waals surface area contributed by atoms with Crippen LogP contribution in [-0.4, -0.2) is 118 Å². The molecule has 4 amide bonds. The molecule has 4 fully saturated rings. The Balaban J connectivity index is 0.832. The molecule has 3 saturated heterocycles. The Morgan fingerprint density at radius 3 is 2.37 bits per heavy atom. The molecule has 4 aromatic rings. The van der Waals surface area contributed by atoms with Crippen LogP contribution in [0.15, 0.2) is 42.7 Å². The van der Waals surface area contributed by atoms with Crippen LogP contribution < -0.4 is 25.3 Å². The van der Waals surface area contributed by atoms with Crippen molar-refractivity contribution in [2.24, 2.45) is 0 Å². The molecule has 0 unspecified atom stereocenters. The first kappa shape index (κ1) is 37.0. The number of anilines is 5. The predicted molar refractivity (Wildman–Crippen MR) is 213 cm³/mol. The van der Waals surface area contributed by atoms with Crippen molar-refractivity contribution in [3.05, 3.63) is 59.8 Å². The average Bonchev–Trinajstić information content (AvgIpc) is 3.89. The molecule has 4 aliphatic heterocycles. The smallest absolute Gasteiger partial charge is 0.270 e. The van der Waals surface area contributed by atoms with Gasteiger partial charge in [0.15, 0.2) is 0 Å². The van der Waals surface area contributed by atoms with E-state index in [4.69, 9.17) is 9.97 Å². The Morgan fingerprint density at radius 1 is 0.930 bits per heavy atom. The standard InChI is InChI=1S/C41H48FN11O4/c1-41(2)34-29(11-10-28(42)35(34)53(39(41)57)30-12-14-33(54)46-37(30)55)51-22-27(23-51)50-17-15-49(16-18-50)26-9-13-32(43-21-26)45-40-44-20-24-19-31(38(56)48(3)4)52(36(24)47-40)25-7-5-6-8-25/h9-11,13,19-21,25,27,30H,5-8,12,14-18,22-23H2,1-4H3,(H,46,54,55)(H,43,44,45,47)/t30-/m0/s1. The van der Waals surface area contributed by atoms with Gasteiger partial charge in [-0.2, -0.15) is 4.98 Å². The minimum atomic E-state index is -1.04. The van der Waals surface area contributed by atoms with E-state index in [0.717, 1.165) is 87.4 Å². The van der Waals surface area contributed by atoms with E-state index in [0.29, 0.717) is 29.1 Å². The van der Waals surface area contributed by atoms with E-state index < -0.39 is 23.2 Å². The van der Waals surface area contributed by atoms with Crippen LogP contribution in [-0.2, 0) is 19.8 Å². The Kier molecular flexibility index (Phi) is 9.13. The number of imide groups is 1. The van der Waals surface area contributed by atoms with Gasteiger partial charge < -0.3 is 24.6 Å². The van der Waals surface area contributed by atoms with Crippen molar-refractivity contribution in [1.29, 1.82) is 0 Å². The Hall–Kier alpha value is -5.64. The van der Waals surface area contributed by atoms with Crippen molar-refractivity contribution in [3.63, 3.8) is 0 Å². The SMILES string of the molecule is CN(C)C(=O)c1cc2cnc(Nc3ccc(N4CCN(C5CN(c6ccc(F)c7c6C(C)(C)C(=O)N7[C@H]6CCC(=O)NC6=O)C5)CC4)cn3)nc2n1C1CCCC1. The maximum absolute atomic E-state index is 15.6. The van der Waals surface area contributed by atoms with Gasteiger partial charge in [-0.3, -0.25) is 34.3 Å². The molecule has 15 nitrogen and oxygen atoms in total. The van der Waals surface area contributed by atoms with E-state index in [1.165, 1.54) is 11.0 Å². The Labute approximate surface area is 330 Å². The number of aromatic nitrogens is 4. The summed E-state index contributed by atoms with van der Waals surface area (Å²) in [5.41, 5.74) is 2.95. The van der Waals surface area contributed by atoms with Gasteiger partial charge in [-0.25, -0.2) is 14.4 Å². The summed E-state index contributed by atoms with van der Waals surface area (Å²) in [7, 11) is 3.54. The van der Waals surface area contributed by atoms with Gasteiger partial charge >= 0.3 is 0 Å². The summed E-state index contributed by atoms with van der Waals surface area (Å²) < 4.78 is 17.7. The van der Waals surface area contributed by atoms with Gasteiger partial charge in [0.1, 0.15) is 29.0 Å². The molecule has 1 saturated carbocycles.